The molecule has 108 valence electrons. The summed E-state index contributed by atoms with van der Waals surface area (Å²) in [4.78, 5) is 24.1. The van der Waals surface area contributed by atoms with Crippen LogP contribution in [0.5, 0.6) is 0 Å². The fourth-order valence-corrected chi connectivity index (χ4v) is 1.83. The molecule has 0 bridgehead atoms. The van der Waals surface area contributed by atoms with Gasteiger partial charge in [0.25, 0.3) is 0 Å². The van der Waals surface area contributed by atoms with Crippen molar-refractivity contribution < 1.29 is 14.7 Å². The molecule has 0 spiro atoms. The number of aliphatic carboxylic acids is 1. The van der Waals surface area contributed by atoms with Gasteiger partial charge in [-0.3, -0.25) is 14.5 Å². The van der Waals surface area contributed by atoms with E-state index in [4.69, 9.17) is 5.11 Å². The average molecular weight is 276 g/mol. The normalized spacial score (nSPS) is 10.3. The Hall–Kier alpha value is -2.14. The number of carboxylic acid groups (broad SMARTS) is 1. The van der Waals surface area contributed by atoms with Gasteiger partial charge >= 0.3 is 5.97 Å². The molecule has 0 radical (unpaired) electrons. The van der Waals surface area contributed by atoms with Gasteiger partial charge in [-0.05, 0) is 24.1 Å². The van der Waals surface area contributed by atoms with Crippen LogP contribution in [0.2, 0.25) is 0 Å². The van der Waals surface area contributed by atoms with Gasteiger partial charge in [-0.15, -0.1) is 6.58 Å². The Morgan fingerprint density at radius 1 is 1.40 bits per heavy atom. The summed E-state index contributed by atoms with van der Waals surface area (Å²) in [6.07, 6.45) is 2.47. The van der Waals surface area contributed by atoms with Crippen molar-refractivity contribution in [1.82, 2.24) is 4.90 Å². The third-order valence-corrected chi connectivity index (χ3v) is 2.73. The van der Waals surface area contributed by atoms with Crippen LogP contribution >= 0.6 is 0 Å². The van der Waals surface area contributed by atoms with E-state index in [0.29, 0.717) is 6.54 Å². The number of nitrogens with zero attached hydrogens (tertiary/aromatic N) is 1. The number of hydrogen-bond acceptors (Lipinski definition) is 3. The first-order chi connectivity index (χ1) is 9.55. The lowest BCUT2D eigenvalue weighted by Crippen LogP contribution is -2.37. The zero-order chi connectivity index (χ0) is 15.0. The molecular formula is C15H20N2O3. The molecule has 5 heteroatoms. The molecule has 5 nitrogen and oxygen atoms in total. The molecule has 2 N–H and O–H groups in total. The first-order valence-electron chi connectivity index (χ1n) is 6.49. The average Bonchev–Trinajstić information content (AvgIpc) is 2.38. The van der Waals surface area contributed by atoms with Crippen LogP contribution in [0.25, 0.3) is 0 Å². The molecule has 0 saturated carbocycles. The number of rotatable bonds is 8. The highest BCUT2D eigenvalue weighted by atomic mass is 16.4. The second-order valence-electron chi connectivity index (χ2n) is 4.45. The smallest absolute Gasteiger partial charge is 0.317 e. The number of amides is 1. The van der Waals surface area contributed by atoms with Crippen molar-refractivity contribution in [3.63, 3.8) is 0 Å². The monoisotopic (exact) mass is 276 g/mol. The Labute approximate surface area is 118 Å². The topological polar surface area (TPSA) is 69.6 Å². The molecule has 0 unspecified atom stereocenters. The molecule has 0 atom stereocenters. The maximum absolute atomic E-state index is 11.9. The van der Waals surface area contributed by atoms with Crippen LogP contribution in [0.15, 0.2) is 36.9 Å². The molecule has 1 aromatic rings. The van der Waals surface area contributed by atoms with Crippen LogP contribution in [-0.2, 0) is 16.0 Å². The Morgan fingerprint density at radius 3 is 2.75 bits per heavy atom. The zero-order valence-electron chi connectivity index (χ0n) is 11.6. The fourth-order valence-electron chi connectivity index (χ4n) is 1.83. The second-order valence-corrected chi connectivity index (χ2v) is 4.45. The quantitative estimate of drug-likeness (QED) is 0.710. The van der Waals surface area contributed by atoms with Crippen LogP contribution in [0.1, 0.15) is 12.5 Å². The van der Waals surface area contributed by atoms with Crippen molar-refractivity contribution in [3.05, 3.63) is 42.5 Å². The van der Waals surface area contributed by atoms with Gasteiger partial charge in [-0.25, -0.2) is 0 Å². The highest BCUT2D eigenvalue weighted by Gasteiger charge is 2.12. The lowest BCUT2D eigenvalue weighted by atomic mass is 10.1. The SMILES string of the molecule is C=CCN(CC(=O)O)CC(=O)Nc1cccc(CC)c1. The molecule has 1 rings (SSSR count). The van der Waals surface area contributed by atoms with Gasteiger partial charge in [0.2, 0.25) is 5.91 Å². The Balaban J connectivity index is 2.59. The number of carbonyl (C=O) groups is 2. The van der Waals surface area contributed by atoms with Gasteiger partial charge in [0.05, 0.1) is 13.1 Å². The van der Waals surface area contributed by atoms with Gasteiger partial charge in [-0.2, -0.15) is 0 Å². The molecule has 0 aliphatic heterocycles. The van der Waals surface area contributed by atoms with Gasteiger partial charge in [0, 0.05) is 12.2 Å². The van der Waals surface area contributed by atoms with E-state index in [1.54, 1.807) is 6.08 Å². The Morgan fingerprint density at radius 2 is 2.15 bits per heavy atom. The van der Waals surface area contributed by atoms with Crippen molar-refractivity contribution in [3.8, 4) is 0 Å². The summed E-state index contributed by atoms with van der Waals surface area (Å²) in [6.45, 7) is 5.79. The van der Waals surface area contributed by atoms with Crippen LogP contribution in [-0.4, -0.2) is 41.5 Å². The second kappa shape index (κ2) is 8.12. The summed E-state index contributed by atoms with van der Waals surface area (Å²) in [5, 5.41) is 11.5. The number of benzene rings is 1. The van der Waals surface area contributed by atoms with E-state index >= 15 is 0 Å². The molecule has 0 saturated heterocycles. The summed E-state index contributed by atoms with van der Waals surface area (Å²) in [5.74, 6) is -1.20. The molecule has 1 amide bonds. The lowest BCUT2D eigenvalue weighted by molar-refractivity contribution is -0.138. The van der Waals surface area contributed by atoms with E-state index in [2.05, 4.69) is 11.9 Å². The van der Waals surface area contributed by atoms with E-state index in [9.17, 15) is 9.59 Å². The Kier molecular flexibility index (Phi) is 6.46. The highest BCUT2D eigenvalue weighted by molar-refractivity contribution is 5.92. The number of nitrogens with one attached hydrogen (secondary N) is 1. The predicted octanol–water partition coefficient (Wildman–Crippen LogP) is 1.76. The summed E-state index contributed by atoms with van der Waals surface area (Å²) < 4.78 is 0. The predicted molar refractivity (Wildman–Crippen MR) is 78.7 cm³/mol. The molecule has 1 aromatic carbocycles. The standard InChI is InChI=1S/C15H20N2O3/c1-3-8-17(11-15(19)20)10-14(18)16-13-7-5-6-12(4-2)9-13/h3,5-7,9H,1,4,8,10-11H2,2H3,(H,16,18)(H,19,20). The summed E-state index contributed by atoms with van der Waals surface area (Å²) in [7, 11) is 0. The van der Waals surface area contributed by atoms with Crippen LogP contribution in [0, 0.1) is 0 Å². The van der Waals surface area contributed by atoms with Gasteiger partial charge in [0.1, 0.15) is 0 Å². The van der Waals surface area contributed by atoms with Crippen molar-refractivity contribution in [2.24, 2.45) is 0 Å². The van der Waals surface area contributed by atoms with Crippen molar-refractivity contribution in [1.29, 1.82) is 0 Å². The molecule has 0 aliphatic rings. The molecule has 20 heavy (non-hydrogen) atoms. The minimum absolute atomic E-state index is 0.0225. The van der Waals surface area contributed by atoms with Gasteiger partial charge in [0.15, 0.2) is 0 Å². The number of hydrogen-bond donors (Lipinski definition) is 2. The van der Waals surface area contributed by atoms with Gasteiger partial charge < -0.3 is 10.4 Å². The highest BCUT2D eigenvalue weighted by Crippen LogP contribution is 2.11. The Bertz CT molecular complexity index is 486. The lowest BCUT2D eigenvalue weighted by Gasteiger charge is -2.17. The number of anilines is 1. The van der Waals surface area contributed by atoms with E-state index in [-0.39, 0.29) is 19.0 Å². The molecule has 0 aliphatic carbocycles. The molecule has 0 fully saturated rings. The molecule has 0 heterocycles. The van der Waals surface area contributed by atoms with Gasteiger partial charge in [-0.1, -0.05) is 25.1 Å². The fraction of sp³-hybridized carbons (Fsp3) is 0.333. The first-order valence-corrected chi connectivity index (χ1v) is 6.49. The summed E-state index contributed by atoms with van der Waals surface area (Å²) in [5.41, 5.74) is 1.86. The zero-order valence-corrected chi connectivity index (χ0v) is 11.6. The van der Waals surface area contributed by atoms with Crippen LogP contribution in [0.3, 0.4) is 0 Å². The van der Waals surface area contributed by atoms with Crippen LogP contribution in [0.4, 0.5) is 5.69 Å². The summed E-state index contributed by atoms with van der Waals surface area (Å²) >= 11 is 0. The van der Waals surface area contributed by atoms with E-state index in [1.165, 1.54) is 4.90 Å². The van der Waals surface area contributed by atoms with Crippen molar-refractivity contribution >= 4 is 17.6 Å². The minimum atomic E-state index is -0.965. The van der Waals surface area contributed by atoms with E-state index in [0.717, 1.165) is 17.7 Å². The molecule has 0 aromatic heterocycles. The number of carboxylic acids is 1. The largest absolute Gasteiger partial charge is 0.480 e. The first kappa shape index (κ1) is 15.9. The summed E-state index contributed by atoms with van der Waals surface area (Å²) in [6, 6.07) is 7.59. The van der Waals surface area contributed by atoms with Crippen molar-refractivity contribution in [2.45, 2.75) is 13.3 Å². The maximum atomic E-state index is 11.9. The maximum Gasteiger partial charge on any atom is 0.317 e. The van der Waals surface area contributed by atoms with E-state index < -0.39 is 5.97 Å². The number of carbonyl (C=O) groups excluding carboxylic acids is 1. The van der Waals surface area contributed by atoms with E-state index in [1.807, 2.05) is 31.2 Å². The minimum Gasteiger partial charge on any atom is -0.480 e. The molecular weight excluding hydrogens is 256 g/mol. The van der Waals surface area contributed by atoms with Crippen molar-refractivity contribution in [2.75, 3.05) is 25.0 Å². The third-order valence-electron chi connectivity index (χ3n) is 2.73. The van der Waals surface area contributed by atoms with Crippen LogP contribution < -0.4 is 5.32 Å². The third kappa shape index (κ3) is 5.67. The number of aryl methyl sites for hydroxylation is 1.